The van der Waals surface area contributed by atoms with Crippen molar-refractivity contribution < 1.29 is 4.74 Å². The molecule has 0 amide bonds. The molecule has 0 radical (unpaired) electrons. The maximum absolute atomic E-state index is 8.85. The minimum absolute atomic E-state index is 0.0210. The first kappa shape index (κ1) is 13.6. The fourth-order valence-corrected chi connectivity index (χ4v) is 2.12. The summed E-state index contributed by atoms with van der Waals surface area (Å²) in [6, 6.07) is 14.8. The molecule has 19 heavy (non-hydrogen) atoms. The Hall–Kier alpha value is -1.83. The predicted octanol–water partition coefficient (Wildman–Crippen LogP) is 4.13. The average molecular weight is 317 g/mol. The Labute approximate surface area is 120 Å². The number of ether oxygens (including phenoxy) is 1. The van der Waals surface area contributed by atoms with Crippen LogP contribution in [0.4, 0.5) is 0 Å². The Morgan fingerprint density at radius 3 is 2.68 bits per heavy atom. The van der Waals surface area contributed by atoms with Gasteiger partial charge in [0.05, 0.1) is 16.1 Å². The molecule has 2 rings (SSSR count). The van der Waals surface area contributed by atoms with E-state index in [0.29, 0.717) is 17.1 Å². The number of hydrogen-bond acceptors (Lipinski definition) is 3. The van der Waals surface area contributed by atoms with E-state index in [2.05, 4.69) is 22.0 Å². The molecule has 0 saturated carbocycles. The van der Waals surface area contributed by atoms with Gasteiger partial charge >= 0.3 is 0 Å². The summed E-state index contributed by atoms with van der Waals surface area (Å²) in [5.74, 6) is 1.33. The lowest BCUT2D eigenvalue weighted by Crippen LogP contribution is -2.04. The van der Waals surface area contributed by atoms with E-state index < -0.39 is 0 Å². The van der Waals surface area contributed by atoms with Crippen LogP contribution in [0.15, 0.2) is 46.9 Å². The highest BCUT2D eigenvalue weighted by atomic mass is 79.9. The number of hydrogen-bond donors (Lipinski definition) is 1. The molecular formula is C15H13BrN2O. The molecule has 0 spiro atoms. The number of rotatable bonds is 3. The Bertz CT molecular complexity index is 632. The molecule has 1 atom stereocenters. The third-order valence-corrected chi connectivity index (χ3v) is 3.29. The van der Waals surface area contributed by atoms with Crippen LogP contribution in [0.2, 0.25) is 0 Å². The summed E-state index contributed by atoms with van der Waals surface area (Å²) in [5, 5.41) is 8.85. The van der Waals surface area contributed by atoms with Crippen LogP contribution in [-0.4, -0.2) is 0 Å². The topological polar surface area (TPSA) is 59.0 Å². The molecule has 0 bridgehead atoms. The summed E-state index contributed by atoms with van der Waals surface area (Å²) >= 11 is 3.46. The molecule has 0 fully saturated rings. The van der Waals surface area contributed by atoms with Crippen molar-refractivity contribution in [3.63, 3.8) is 0 Å². The average Bonchev–Trinajstić information content (AvgIpc) is 2.41. The van der Waals surface area contributed by atoms with Crippen molar-refractivity contribution in [3.8, 4) is 17.6 Å². The normalized spacial score (nSPS) is 11.7. The quantitative estimate of drug-likeness (QED) is 0.926. The first-order valence-corrected chi connectivity index (χ1v) is 6.62. The summed E-state index contributed by atoms with van der Waals surface area (Å²) in [4.78, 5) is 0. The van der Waals surface area contributed by atoms with E-state index in [1.807, 2.05) is 31.2 Å². The van der Waals surface area contributed by atoms with E-state index >= 15 is 0 Å². The first-order chi connectivity index (χ1) is 9.10. The molecule has 0 saturated heterocycles. The van der Waals surface area contributed by atoms with E-state index in [-0.39, 0.29) is 6.04 Å². The van der Waals surface area contributed by atoms with Gasteiger partial charge in [-0.05, 0) is 58.7 Å². The summed E-state index contributed by atoms with van der Waals surface area (Å²) in [6.45, 7) is 1.93. The highest BCUT2D eigenvalue weighted by molar-refractivity contribution is 9.10. The van der Waals surface area contributed by atoms with Gasteiger partial charge in [0.25, 0.3) is 0 Å². The van der Waals surface area contributed by atoms with Gasteiger partial charge in [0.2, 0.25) is 0 Å². The summed E-state index contributed by atoms with van der Waals surface area (Å²) in [5.41, 5.74) is 7.43. The molecule has 3 nitrogen and oxygen atoms in total. The van der Waals surface area contributed by atoms with Gasteiger partial charge in [-0.25, -0.2) is 0 Å². The third-order valence-electron chi connectivity index (χ3n) is 2.67. The number of nitrogens with two attached hydrogens (primary N) is 1. The van der Waals surface area contributed by atoms with Gasteiger partial charge in [-0.15, -0.1) is 0 Å². The second-order valence-electron chi connectivity index (χ2n) is 4.22. The fourth-order valence-electron chi connectivity index (χ4n) is 1.64. The van der Waals surface area contributed by atoms with Gasteiger partial charge in [-0.2, -0.15) is 5.26 Å². The minimum atomic E-state index is -0.0210. The molecule has 0 unspecified atom stereocenters. The lowest BCUT2D eigenvalue weighted by molar-refractivity contribution is 0.479. The van der Waals surface area contributed by atoms with Gasteiger partial charge in [0, 0.05) is 6.04 Å². The van der Waals surface area contributed by atoms with E-state index in [4.69, 9.17) is 15.7 Å². The number of benzene rings is 2. The van der Waals surface area contributed by atoms with Crippen molar-refractivity contribution in [1.82, 2.24) is 0 Å². The Morgan fingerprint density at radius 1 is 1.26 bits per heavy atom. The van der Waals surface area contributed by atoms with Gasteiger partial charge in [0.15, 0.2) is 0 Å². The van der Waals surface area contributed by atoms with Crippen LogP contribution in [0, 0.1) is 11.3 Å². The SMILES string of the molecule is C[C@H](N)c1ccc(Oc2cccc(C#N)c2)c(Br)c1. The van der Waals surface area contributed by atoms with Crippen molar-refractivity contribution in [3.05, 3.63) is 58.1 Å². The lowest BCUT2D eigenvalue weighted by atomic mass is 10.1. The molecule has 4 heteroatoms. The van der Waals surface area contributed by atoms with Gasteiger partial charge in [0.1, 0.15) is 11.5 Å². The summed E-state index contributed by atoms with van der Waals surface area (Å²) < 4.78 is 6.59. The van der Waals surface area contributed by atoms with E-state index in [1.165, 1.54) is 0 Å². The molecule has 0 heterocycles. The number of halogens is 1. The first-order valence-electron chi connectivity index (χ1n) is 5.83. The second-order valence-corrected chi connectivity index (χ2v) is 5.07. The highest BCUT2D eigenvalue weighted by Gasteiger charge is 2.07. The number of nitrogens with zero attached hydrogens (tertiary/aromatic N) is 1. The maximum atomic E-state index is 8.85. The van der Waals surface area contributed by atoms with Crippen molar-refractivity contribution in [2.45, 2.75) is 13.0 Å². The Morgan fingerprint density at radius 2 is 2.05 bits per heavy atom. The number of nitriles is 1. The van der Waals surface area contributed by atoms with Gasteiger partial charge < -0.3 is 10.5 Å². The predicted molar refractivity (Wildman–Crippen MR) is 78.0 cm³/mol. The second kappa shape index (κ2) is 5.87. The third kappa shape index (κ3) is 3.34. The summed E-state index contributed by atoms with van der Waals surface area (Å²) in [6.07, 6.45) is 0. The van der Waals surface area contributed by atoms with Crippen LogP contribution >= 0.6 is 15.9 Å². The highest BCUT2D eigenvalue weighted by Crippen LogP contribution is 2.31. The molecule has 2 aromatic carbocycles. The van der Waals surface area contributed by atoms with E-state index in [9.17, 15) is 0 Å². The monoisotopic (exact) mass is 316 g/mol. The molecular weight excluding hydrogens is 304 g/mol. The van der Waals surface area contributed by atoms with Crippen LogP contribution in [0.3, 0.4) is 0 Å². The van der Waals surface area contributed by atoms with Crippen LogP contribution in [0.5, 0.6) is 11.5 Å². The molecule has 0 aliphatic rings. The smallest absolute Gasteiger partial charge is 0.141 e. The largest absolute Gasteiger partial charge is 0.456 e. The summed E-state index contributed by atoms with van der Waals surface area (Å²) in [7, 11) is 0. The van der Waals surface area contributed by atoms with Crippen molar-refractivity contribution in [1.29, 1.82) is 5.26 Å². The maximum Gasteiger partial charge on any atom is 0.141 e. The lowest BCUT2D eigenvalue weighted by Gasteiger charge is -2.11. The van der Waals surface area contributed by atoms with Crippen LogP contribution in [0.25, 0.3) is 0 Å². The zero-order chi connectivity index (χ0) is 13.8. The van der Waals surface area contributed by atoms with Crippen LogP contribution in [-0.2, 0) is 0 Å². The zero-order valence-electron chi connectivity index (χ0n) is 10.4. The van der Waals surface area contributed by atoms with Crippen molar-refractivity contribution in [2.24, 2.45) is 5.73 Å². The van der Waals surface area contributed by atoms with Crippen molar-refractivity contribution in [2.75, 3.05) is 0 Å². The fraction of sp³-hybridized carbons (Fsp3) is 0.133. The molecule has 0 aliphatic carbocycles. The Kier molecular flexibility index (Phi) is 4.20. The molecule has 2 aromatic rings. The van der Waals surface area contributed by atoms with E-state index in [1.54, 1.807) is 18.2 Å². The van der Waals surface area contributed by atoms with Crippen LogP contribution in [0.1, 0.15) is 24.1 Å². The standard InChI is InChI=1S/C15H13BrN2O/c1-10(18)12-5-6-15(14(16)8-12)19-13-4-2-3-11(7-13)9-17/h2-8,10H,18H2,1H3/t10-/m0/s1. The molecule has 0 aliphatic heterocycles. The minimum Gasteiger partial charge on any atom is -0.456 e. The zero-order valence-corrected chi connectivity index (χ0v) is 12.0. The molecule has 2 N–H and O–H groups in total. The molecule has 0 aromatic heterocycles. The van der Waals surface area contributed by atoms with E-state index in [0.717, 1.165) is 10.0 Å². The Balaban J connectivity index is 2.26. The van der Waals surface area contributed by atoms with Crippen molar-refractivity contribution >= 4 is 15.9 Å². The molecule has 96 valence electrons. The van der Waals surface area contributed by atoms with Gasteiger partial charge in [-0.3, -0.25) is 0 Å². The van der Waals surface area contributed by atoms with Crippen LogP contribution < -0.4 is 10.5 Å². The van der Waals surface area contributed by atoms with Gasteiger partial charge in [-0.1, -0.05) is 12.1 Å².